The molecule has 7 heteroatoms. The van der Waals surface area contributed by atoms with Crippen LogP contribution in [-0.2, 0) is 6.54 Å². The molecular weight excluding hydrogens is 412 g/mol. The number of aromatic nitrogens is 3. The molecule has 1 aliphatic rings. The third kappa shape index (κ3) is 3.78. The summed E-state index contributed by atoms with van der Waals surface area (Å²) in [5.74, 6) is 1.33. The number of nitrogens with zero attached hydrogens (tertiary/aromatic N) is 5. The highest BCUT2D eigenvalue weighted by atomic mass is 16.1. The molecule has 2 heterocycles. The van der Waals surface area contributed by atoms with Gasteiger partial charge in [-0.15, -0.1) is 10.2 Å². The van der Waals surface area contributed by atoms with Crippen LogP contribution in [0.2, 0.25) is 0 Å². The van der Waals surface area contributed by atoms with Gasteiger partial charge in [-0.25, -0.2) is 5.01 Å². The zero-order valence-electron chi connectivity index (χ0n) is 18.8. The van der Waals surface area contributed by atoms with Crippen molar-refractivity contribution in [2.45, 2.75) is 20.4 Å². The van der Waals surface area contributed by atoms with Crippen LogP contribution in [0.5, 0.6) is 0 Å². The molecule has 0 spiro atoms. The first kappa shape index (κ1) is 20.6. The number of aryl methyl sites for hydroxylation is 2. The molecule has 7 nitrogen and oxygen atoms in total. The van der Waals surface area contributed by atoms with Crippen molar-refractivity contribution < 1.29 is 4.79 Å². The van der Waals surface area contributed by atoms with E-state index in [1.807, 2.05) is 52.9 Å². The lowest BCUT2D eigenvalue weighted by atomic mass is 9.99. The molecule has 0 saturated heterocycles. The highest BCUT2D eigenvalue weighted by Gasteiger charge is 2.26. The third-order valence-corrected chi connectivity index (χ3v) is 5.76. The highest BCUT2D eigenvalue weighted by molar-refractivity contribution is 6.15. The van der Waals surface area contributed by atoms with E-state index in [-0.39, 0.29) is 5.91 Å². The molecule has 1 amide bonds. The molecular formula is C26H24N6O. The third-order valence-electron chi connectivity index (χ3n) is 5.76. The number of hydrogen-bond acceptors (Lipinski definition) is 5. The van der Waals surface area contributed by atoms with Crippen molar-refractivity contribution in [1.82, 2.24) is 20.1 Å². The summed E-state index contributed by atoms with van der Waals surface area (Å²) in [6.07, 6.45) is 0. The normalized spacial score (nSPS) is 12.5. The van der Waals surface area contributed by atoms with Gasteiger partial charge in [-0.3, -0.25) is 9.36 Å². The van der Waals surface area contributed by atoms with Crippen LogP contribution in [0.3, 0.4) is 0 Å². The van der Waals surface area contributed by atoms with Crippen molar-refractivity contribution in [3.8, 4) is 5.69 Å². The second-order valence-corrected chi connectivity index (χ2v) is 8.05. The number of benzene rings is 3. The van der Waals surface area contributed by atoms with Gasteiger partial charge in [-0.2, -0.15) is 5.10 Å². The summed E-state index contributed by atoms with van der Waals surface area (Å²) in [5, 5.41) is 18.4. The van der Waals surface area contributed by atoms with Gasteiger partial charge >= 0.3 is 0 Å². The molecule has 0 saturated carbocycles. The van der Waals surface area contributed by atoms with Gasteiger partial charge < -0.3 is 5.32 Å². The maximum Gasteiger partial charge on any atom is 0.252 e. The Hall–Kier alpha value is -4.26. The Balaban J connectivity index is 1.64. The number of para-hydroxylation sites is 1. The van der Waals surface area contributed by atoms with E-state index in [4.69, 9.17) is 5.10 Å². The van der Waals surface area contributed by atoms with Gasteiger partial charge in [0.1, 0.15) is 11.5 Å². The van der Waals surface area contributed by atoms with Gasteiger partial charge in [0.25, 0.3) is 11.9 Å². The smallest absolute Gasteiger partial charge is 0.252 e. The van der Waals surface area contributed by atoms with E-state index in [1.165, 1.54) is 5.56 Å². The van der Waals surface area contributed by atoms with Gasteiger partial charge in [0.15, 0.2) is 0 Å². The molecule has 5 rings (SSSR count). The Bertz CT molecular complexity index is 1350. The lowest BCUT2D eigenvalue weighted by Gasteiger charge is -2.18. The number of nitrogens with one attached hydrogen (secondary N) is 1. The topological polar surface area (TPSA) is 75.4 Å². The monoisotopic (exact) mass is 436 g/mol. The predicted molar refractivity (Wildman–Crippen MR) is 129 cm³/mol. The number of rotatable bonds is 4. The fraction of sp³-hybridized carbons (Fsp3) is 0.154. The number of carbonyl (C=O) groups excluding carboxylic acids is 1. The van der Waals surface area contributed by atoms with E-state index < -0.39 is 0 Å². The van der Waals surface area contributed by atoms with Crippen LogP contribution < -0.4 is 10.3 Å². The Morgan fingerprint density at radius 1 is 0.909 bits per heavy atom. The average molecular weight is 437 g/mol. The molecule has 0 aliphatic carbocycles. The summed E-state index contributed by atoms with van der Waals surface area (Å²) in [6.45, 7) is 4.50. The van der Waals surface area contributed by atoms with Crippen molar-refractivity contribution in [2.24, 2.45) is 5.10 Å². The van der Waals surface area contributed by atoms with E-state index in [9.17, 15) is 4.79 Å². The zero-order valence-corrected chi connectivity index (χ0v) is 18.8. The Morgan fingerprint density at radius 3 is 2.36 bits per heavy atom. The molecule has 4 aromatic rings. The summed E-state index contributed by atoms with van der Waals surface area (Å²) in [7, 11) is 1.63. The summed E-state index contributed by atoms with van der Waals surface area (Å²) < 4.78 is 2.04. The second-order valence-electron chi connectivity index (χ2n) is 8.05. The fourth-order valence-corrected chi connectivity index (χ4v) is 4.00. The van der Waals surface area contributed by atoms with Crippen LogP contribution in [0.1, 0.15) is 38.4 Å². The quantitative estimate of drug-likeness (QED) is 0.524. The molecule has 0 radical (unpaired) electrons. The van der Waals surface area contributed by atoms with Crippen LogP contribution >= 0.6 is 0 Å². The first-order valence-corrected chi connectivity index (χ1v) is 10.8. The van der Waals surface area contributed by atoms with Crippen molar-refractivity contribution >= 4 is 17.6 Å². The fourth-order valence-electron chi connectivity index (χ4n) is 4.00. The number of anilines is 1. The minimum Gasteiger partial charge on any atom is -0.355 e. The SMILES string of the molecule is CNC(=O)c1ccc(CN2N=C(c3ccc(C)cc3)c3ccccc3-n3c(C)nnc32)cc1. The van der Waals surface area contributed by atoms with Crippen molar-refractivity contribution in [3.05, 3.63) is 106 Å². The Morgan fingerprint density at radius 2 is 1.64 bits per heavy atom. The minimum absolute atomic E-state index is 0.109. The first-order chi connectivity index (χ1) is 16.0. The molecule has 3 aromatic carbocycles. The summed E-state index contributed by atoms with van der Waals surface area (Å²) in [6, 6.07) is 24.1. The largest absolute Gasteiger partial charge is 0.355 e. The molecule has 0 fully saturated rings. The lowest BCUT2D eigenvalue weighted by Crippen LogP contribution is -2.21. The molecule has 1 aromatic heterocycles. The van der Waals surface area contributed by atoms with Crippen LogP contribution in [0, 0.1) is 13.8 Å². The Labute approximate surface area is 192 Å². The van der Waals surface area contributed by atoms with Crippen molar-refractivity contribution in [1.29, 1.82) is 0 Å². The lowest BCUT2D eigenvalue weighted by molar-refractivity contribution is 0.0963. The van der Waals surface area contributed by atoms with Crippen molar-refractivity contribution in [3.63, 3.8) is 0 Å². The number of hydrogen-bond donors (Lipinski definition) is 1. The molecule has 1 N–H and O–H groups in total. The van der Waals surface area contributed by atoms with Gasteiger partial charge in [-0.1, -0.05) is 60.2 Å². The van der Waals surface area contributed by atoms with Gasteiger partial charge in [-0.05, 0) is 37.6 Å². The van der Waals surface area contributed by atoms with Crippen LogP contribution in [0.15, 0.2) is 77.9 Å². The van der Waals surface area contributed by atoms with Gasteiger partial charge in [0.2, 0.25) is 0 Å². The van der Waals surface area contributed by atoms with Crippen molar-refractivity contribution in [2.75, 3.05) is 12.1 Å². The first-order valence-electron chi connectivity index (χ1n) is 10.8. The number of carbonyl (C=O) groups is 1. The van der Waals surface area contributed by atoms with E-state index >= 15 is 0 Å². The molecule has 0 atom stereocenters. The van der Waals surface area contributed by atoms with Gasteiger partial charge in [0, 0.05) is 23.7 Å². The van der Waals surface area contributed by atoms with Crippen LogP contribution in [0.25, 0.3) is 5.69 Å². The molecule has 1 aliphatic heterocycles. The average Bonchev–Trinajstić information content (AvgIpc) is 3.17. The maximum atomic E-state index is 11.9. The van der Waals surface area contributed by atoms with Crippen LogP contribution in [-0.4, -0.2) is 33.4 Å². The number of amides is 1. The molecule has 164 valence electrons. The van der Waals surface area contributed by atoms with E-state index in [1.54, 1.807) is 7.05 Å². The zero-order chi connectivity index (χ0) is 22.9. The number of hydrazone groups is 1. The minimum atomic E-state index is -0.109. The summed E-state index contributed by atoms with van der Waals surface area (Å²) in [5.41, 5.74) is 6.74. The van der Waals surface area contributed by atoms with Crippen LogP contribution in [0.4, 0.5) is 5.95 Å². The number of fused-ring (bicyclic) bond motifs is 3. The molecule has 33 heavy (non-hydrogen) atoms. The second kappa shape index (κ2) is 8.35. The van der Waals surface area contributed by atoms with E-state index in [0.29, 0.717) is 18.1 Å². The van der Waals surface area contributed by atoms with E-state index in [2.05, 4.69) is 58.8 Å². The molecule has 0 bridgehead atoms. The predicted octanol–water partition coefficient (Wildman–Crippen LogP) is 4.02. The summed E-state index contributed by atoms with van der Waals surface area (Å²) in [4.78, 5) is 11.9. The highest BCUT2D eigenvalue weighted by Crippen LogP contribution is 2.30. The molecule has 0 unspecified atom stereocenters. The van der Waals surface area contributed by atoms with Gasteiger partial charge in [0.05, 0.1) is 12.2 Å². The van der Waals surface area contributed by atoms with E-state index in [0.717, 1.165) is 33.9 Å². The summed E-state index contributed by atoms with van der Waals surface area (Å²) >= 11 is 0. The standard InChI is InChI=1S/C26H24N6O/c1-17-8-12-20(13-9-17)24-22-6-4-5-7-23(22)32-18(2)28-29-26(32)31(30-24)16-19-10-14-21(15-11-19)25(33)27-3/h4-15H,16H2,1-3H3,(H,27,33). The maximum absolute atomic E-state index is 11.9. The Kier molecular flexibility index (Phi) is 5.22.